The van der Waals surface area contributed by atoms with Crippen molar-refractivity contribution in [1.29, 1.82) is 0 Å². The van der Waals surface area contributed by atoms with Crippen molar-refractivity contribution in [2.75, 3.05) is 0 Å². The fraction of sp³-hybridized carbons (Fsp3) is 1.00. The van der Waals surface area contributed by atoms with Crippen LogP contribution in [-0.4, -0.2) is 21.3 Å². The minimum atomic E-state index is -0.110. The molecule has 1 N–H and O–H groups in total. The Bertz CT molecular complexity index is 198. The molecule has 2 unspecified atom stereocenters. The molecule has 2 atom stereocenters. The molecule has 1 rings (SSSR count). The molecule has 0 aromatic carbocycles. The standard InChI is InChI=1S/C11H23NO/c1-8-7-10(3,4)12(13)11(5,6)9(8)2/h8-9,13H,7H2,1-6H3. The van der Waals surface area contributed by atoms with Crippen molar-refractivity contribution < 1.29 is 5.21 Å². The van der Waals surface area contributed by atoms with Crippen molar-refractivity contribution in [2.24, 2.45) is 11.8 Å². The molecule has 1 fully saturated rings. The van der Waals surface area contributed by atoms with Gasteiger partial charge in [-0.2, -0.15) is 5.06 Å². The van der Waals surface area contributed by atoms with Gasteiger partial charge in [0.05, 0.1) is 0 Å². The lowest BCUT2D eigenvalue weighted by Crippen LogP contribution is -2.62. The molecular weight excluding hydrogens is 162 g/mol. The first-order chi connectivity index (χ1) is 5.69. The third-order valence-corrected chi connectivity index (χ3v) is 3.91. The molecule has 0 radical (unpaired) electrons. The van der Waals surface area contributed by atoms with Crippen LogP contribution in [0.5, 0.6) is 0 Å². The molecule has 1 saturated heterocycles. The van der Waals surface area contributed by atoms with Gasteiger partial charge in [0.15, 0.2) is 0 Å². The smallest absolute Gasteiger partial charge is 0.0438 e. The summed E-state index contributed by atoms with van der Waals surface area (Å²) in [6.07, 6.45) is 1.06. The predicted molar refractivity (Wildman–Crippen MR) is 54.7 cm³/mol. The molecule has 0 aromatic rings. The topological polar surface area (TPSA) is 23.5 Å². The van der Waals surface area contributed by atoms with Gasteiger partial charge in [0, 0.05) is 11.1 Å². The fourth-order valence-electron chi connectivity index (χ4n) is 2.72. The zero-order valence-corrected chi connectivity index (χ0v) is 9.76. The number of rotatable bonds is 0. The third kappa shape index (κ3) is 1.62. The van der Waals surface area contributed by atoms with E-state index in [9.17, 15) is 5.21 Å². The largest absolute Gasteiger partial charge is 0.313 e. The lowest BCUT2D eigenvalue weighted by atomic mass is 9.69. The van der Waals surface area contributed by atoms with Crippen LogP contribution in [0.2, 0.25) is 0 Å². The monoisotopic (exact) mass is 185 g/mol. The van der Waals surface area contributed by atoms with Crippen LogP contribution < -0.4 is 0 Å². The maximum Gasteiger partial charge on any atom is 0.0438 e. The SMILES string of the molecule is CC1CC(C)(C)N(O)C(C)(C)C1C. The molecule has 0 amide bonds. The molecule has 0 spiro atoms. The molecular formula is C11H23NO. The Labute approximate surface area is 81.9 Å². The summed E-state index contributed by atoms with van der Waals surface area (Å²) >= 11 is 0. The van der Waals surface area contributed by atoms with Crippen molar-refractivity contribution >= 4 is 0 Å². The lowest BCUT2D eigenvalue weighted by molar-refractivity contribution is -0.266. The number of hydrogen-bond acceptors (Lipinski definition) is 2. The summed E-state index contributed by atoms with van der Waals surface area (Å²) < 4.78 is 0. The van der Waals surface area contributed by atoms with Crippen LogP contribution in [0.1, 0.15) is 48.0 Å². The highest BCUT2D eigenvalue weighted by Gasteiger charge is 2.48. The van der Waals surface area contributed by atoms with E-state index in [1.807, 2.05) is 0 Å². The van der Waals surface area contributed by atoms with E-state index < -0.39 is 0 Å². The van der Waals surface area contributed by atoms with Crippen molar-refractivity contribution in [3.05, 3.63) is 0 Å². The highest BCUT2D eigenvalue weighted by molar-refractivity contribution is 4.98. The van der Waals surface area contributed by atoms with Gasteiger partial charge in [-0.1, -0.05) is 13.8 Å². The number of hydrogen-bond donors (Lipinski definition) is 1. The Kier molecular flexibility index (Phi) is 2.50. The zero-order valence-electron chi connectivity index (χ0n) is 9.76. The second kappa shape index (κ2) is 2.96. The van der Waals surface area contributed by atoms with Crippen LogP contribution in [-0.2, 0) is 0 Å². The van der Waals surface area contributed by atoms with Crippen LogP contribution in [0.25, 0.3) is 0 Å². The molecule has 0 saturated carbocycles. The highest BCUT2D eigenvalue weighted by atomic mass is 16.5. The molecule has 13 heavy (non-hydrogen) atoms. The molecule has 2 nitrogen and oxygen atoms in total. The molecule has 1 aliphatic heterocycles. The van der Waals surface area contributed by atoms with E-state index in [1.165, 1.54) is 0 Å². The van der Waals surface area contributed by atoms with Gasteiger partial charge < -0.3 is 5.21 Å². The molecule has 0 bridgehead atoms. The Morgan fingerprint density at radius 1 is 1.15 bits per heavy atom. The second-order valence-electron chi connectivity index (χ2n) is 5.75. The van der Waals surface area contributed by atoms with Gasteiger partial charge in [0.2, 0.25) is 0 Å². The molecule has 1 heterocycles. The average Bonchev–Trinajstić information content (AvgIpc) is 1.98. The Morgan fingerprint density at radius 2 is 1.62 bits per heavy atom. The normalized spacial score (nSPS) is 39.0. The summed E-state index contributed by atoms with van der Waals surface area (Å²) in [7, 11) is 0. The second-order valence-corrected chi connectivity index (χ2v) is 5.75. The van der Waals surface area contributed by atoms with E-state index in [1.54, 1.807) is 5.06 Å². The van der Waals surface area contributed by atoms with Gasteiger partial charge >= 0.3 is 0 Å². The van der Waals surface area contributed by atoms with E-state index in [0.717, 1.165) is 6.42 Å². The van der Waals surface area contributed by atoms with Crippen LogP contribution in [0.15, 0.2) is 0 Å². The summed E-state index contributed by atoms with van der Waals surface area (Å²) in [5, 5.41) is 11.6. The predicted octanol–water partition coefficient (Wildman–Crippen LogP) is 2.91. The first-order valence-electron chi connectivity index (χ1n) is 5.19. The maximum atomic E-state index is 10.1. The van der Waals surface area contributed by atoms with E-state index in [2.05, 4.69) is 41.5 Å². The average molecular weight is 185 g/mol. The van der Waals surface area contributed by atoms with Gasteiger partial charge in [0.1, 0.15) is 0 Å². The van der Waals surface area contributed by atoms with Crippen LogP contribution >= 0.6 is 0 Å². The van der Waals surface area contributed by atoms with Crippen molar-refractivity contribution in [1.82, 2.24) is 5.06 Å². The number of piperidine rings is 1. The fourth-order valence-corrected chi connectivity index (χ4v) is 2.72. The third-order valence-electron chi connectivity index (χ3n) is 3.91. The first-order valence-corrected chi connectivity index (χ1v) is 5.19. The Morgan fingerprint density at radius 3 is 2.08 bits per heavy atom. The van der Waals surface area contributed by atoms with Gasteiger partial charge in [-0.3, -0.25) is 0 Å². The minimum absolute atomic E-state index is 0.0879. The number of hydroxylamine groups is 2. The van der Waals surface area contributed by atoms with Crippen LogP contribution in [0, 0.1) is 11.8 Å². The quantitative estimate of drug-likeness (QED) is 0.627. The first kappa shape index (κ1) is 11.0. The van der Waals surface area contributed by atoms with Crippen molar-refractivity contribution in [3.8, 4) is 0 Å². The van der Waals surface area contributed by atoms with Gasteiger partial charge in [-0.05, 0) is 46.0 Å². The van der Waals surface area contributed by atoms with E-state index >= 15 is 0 Å². The van der Waals surface area contributed by atoms with Crippen LogP contribution in [0.4, 0.5) is 0 Å². The van der Waals surface area contributed by atoms with Crippen molar-refractivity contribution in [3.63, 3.8) is 0 Å². The molecule has 0 aliphatic carbocycles. The van der Waals surface area contributed by atoms with E-state index in [0.29, 0.717) is 11.8 Å². The summed E-state index contributed by atoms with van der Waals surface area (Å²) in [6, 6.07) is 0. The number of nitrogens with zero attached hydrogens (tertiary/aromatic N) is 1. The maximum absolute atomic E-state index is 10.1. The molecule has 2 heteroatoms. The van der Waals surface area contributed by atoms with Crippen LogP contribution in [0.3, 0.4) is 0 Å². The lowest BCUT2D eigenvalue weighted by Gasteiger charge is -2.54. The zero-order chi connectivity index (χ0) is 10.4. The van der Waals surface area contributed by atoms with E-state index in [-0.39, 0.29) is 11.1 Å². The van der Waals surface area contributed by atoms with Crippen molar-refractivity contribution in [2.45, 2.75) is 59.0 Å². The summed E-state index contributed by atoms with van der Waals surface area (Å²) in [5.41, 5.74) is -0.198. The Hall–Kier alpha value is -0.0800. The molecule has 1 aliphatic rings. The summed E-state index contributed by atoms with van der Waals surface area (Å²) in [6.45, 7) is 13.0. The summed E-state index contributed by atoms with van der Waals surface area (Å²) in [4.78, 5) is 0. The van der Waals surface area contributed by atoms with Gasteiger partial charge in [0.25, 0.3) is 0 Å². The van der Waals surface area contributed by atoms with E-state index in [4.69, 9.17) is 0 Å². The molecule has 78 valence electrons. The highest BCUT2D eigenvalue weighted by Crippen LogP contribution is 2.43. The molecule has 0 aromatic heterocycles. The van der Waals surface area contributed by atoms with Gasteiger partial charge in [-0.15, -0.1) is 0 Å². The Balaban J connectivity index is 2.96. The summed E-state index contributed by atoms with van der Waals surface area (Å²) in [5.74, 6) is 1.21. The minimum Gasteiger partial charge on any atom is -0.313 e. The van der Waals surface area contributed by atoms with Gasteiger partial charge in [-0.25, -0.2) is 0 Å².